The average Bonchev–Trinajstić information content (AvgIpc) is 2.79. The third kappa shape index (κ3) is 2.71. The first-order valence-electron chi connectivity index (χ1n) is 7.71. The van der Waals surface area contributed by atoms with Gasteiger partial charge in [-0.3, -0.25) is 13.9 Å². The lowest BCUT2D eigenvalue weighted by atomic mass is 10.1. The van der Waals surface area contributed by atoms with Crippen molar-refractivity contribution in [2.24, 2.45) is 7.05 Å². The van der Waals surface area contributed by atoms with E-state index in [2.05, 4.69) is 11.1 Å². The molecular weight excluding hydrogens is 304 g/mol. The van der Waals surface area contributed by atoms with Crippen LogP contribution in [0.1, 0.15) is 5.56 Å². The number of hydrogen-bond acceptors (Lipinski definition) is 3. The molecule has 2 heterocycles. The van der Waals surface area contributed by atoms with Crippen molar-refractivity contribution in [1.82, 2.24) is 19.0 Å². The first-order chi connectivity index (χ1) is 11.4. The molecule has 1 amide bonds. The number of aryl methyl sites for hydroxylation is 2. The van der Waals surface area contributed by atoms with Gasteiger partial charge >= 0.3 is 5.69 Å². The first kappa shape index (κ1) is 16.0. The Morgan fingerprint density at radius 2 is 1.96 bits per heavy atom. The van der Waals surface area contributed by atoms with Crippen molar-refractivity contribution >= 4 is 17.1 Å². The fourth-order valence-corrected chi connectivity index (χ4v) is 2.69. The largest absolute Gasteiger partial charge is 0.347 e. The van der Waals surface area contributed by atoms with Crippen molar-refractivity contribution < 1.29 is 4.79 Å². The summed E-state index contributed by atoms with van der Waals surface area (Å²) in [5.41, 5.74) is 4.10. The van der Waals surface area contributed by atoms with Gasteiger partial charge in [0, 0.05) is 32.9 Å². The van der Waals surface area contributed by atoms with Crippen LogP contribution in [0.5, 0.6) is 0 Å². The molecule has 24 heavy (non-hydrogen) atoms. The number of imidazole rings is 1. The molecule has 0 saturated heterocycles. The number of hydrogen-bond donors (Lipinski definition) is 0. The van der Waals surface area contributed by atoms with Gasteiger partial charge in [-0.2, -0.15) is 0 Å². The number of pyridine rings is 1. The molecule has 0 fully saturated rings. The Balaban J connectivity index is 2.18. The fourth-order valence-electron chi connectivity index (χ4n) is 2.69. The van der Waals surface area contributed by atoms with Crippen LogP contribution in [0.2, 0.25) is 0 Å². The topological polar surface area (TPSA) is 60.1 Å². The van der Waals surface area contributed by atoms with Crippen LogP contribution in [0.15, 0.2) is 41.3 Å². The van der Waals surface area contributed by atoms with Crippen LogP contribution >= 0.6 is 0 Å². The second-order valence-corrected chi connectivity index (χ2v) is 6.15. The first-order valence-corrected chi connectivity index (χ1v) is 7.71. The van der Waals surface area contributed by atoms with Gasteiger partial charge in [-0.1, -0.05) is 29.8 Å². The molecule has 1 aromatic carbocycles. The van der Waals surface area contributed by atoms with E-state index >= 15 is 0 Å². The van der Waals surface area contributed by atoms with Gasteiger partial charge in [-0.05, 0) is 18.6 Å². The number of aromatic nitrogens is 3. The molecule has 124 valence electrons. The monoisotopic (exact) mass is 324 g/mol. The number of nitrogens with zero attached hydrogens (tertiary/aromatic N) is 4. The Labute approximate surface area is 140 Å². The van der Waals surface area contributed by atoms with E-state index in [4.69, 9.17) is 0 Å². The van der Waals surface area contributed by atoms with Crippen molar-refractivity contribution in [3.63, 3.8) is 0 Å². The number of benzene rings is 1. The zero-order valence-corrected chi connectivity index (χ0v) is 14.3. The van der Waals surface area contributed by atoms with Gasteiger partial charge in [0.1, 0.15) is 6.54 Å². The molecule has 6 nitrogen and oxygen atoms in total. The van der Waals surface area contributed by atoms with Gasteiger partial charge in [-0.15, -0.1) is 0 Å². The van der Waals surface area contributed by atoms with Crippen LogP contribution in [-0.2, 0) is 18.4 Å². The highest BCUT2D eigenvalue weighted by Crippen LogP contribution is 2.23. The Hall–Kier alpha value is -2.89. The molecule has 0 unspecified atom stereocenters. The number of carbonyl (C=O) groups is 1. The van der Waals surface area contributed by atoms with E-state index in [1.807, 2.05) is 31.2 Å². The molecule has 0 aliphatic heterocycles. The molecule has 0 radical (unpaired) electrons. The predicted octanol–water partition coefficient (Wildman–Crippen LogP) is 1.80. The summed E-state index contributed by atoms with van der Waals surface area (Å²) in [7, 11) is 5.02. The van der Waals surface area contributed by atoms with Crippen LogP contribution in [-0.4, -0.2) is 39.0 Å². The van der Waals surface area contributed by atoms with Crippen LogP contribution < -0.4 is 5.69 Å². The molecule has 0 bridgehead atoms. The Kier molecular flexibility index (Phi) is 3.97. The number of rotatable bonds is 3. The van der Waals surface area contributed by atoms with Gasteiger partial charge < -0.3 is 4.90 Å². The summed E-state index contributed by atoms with van der Waals surface area (Å²) < 4.78 is 2.95. The van der Waals surface area contributed by atoms with Crippen LogP contribution in [0, 0.1) is 6.92 Å². The molecule has 0 spiro atoms. The SMILES string of the molecule is Cc1cccc(-c2cnc3c(c2)n(CC(=O)N(C)C)c(=O)n3C)c1. The minimum Gasteiger partial charge on any atom is -0.347 e. The molecule has 3 rings (SSSR count). The lowest BCUT2D eigenvalue weighted by Crippen LogP contribution is -2.31. The van der Waals surface area contributed by atoms with Crippen LogP contribution in [0.25, 0.3) is 22.3 Å². The van der Waals surface area contributed by atoms with Crippen LogP contribution in [0.3, 0.4) is 0 Å². The standard InChI is InChI=1S/C18H20N4O2/c1-12-6-5-7-13(8-12)14-9-15-17(19-10-14)21(4)18(24)22(15)11-16(23)20(2)3/h5-10H,11H2,1-4H3. The summed E-state index contributed by atoms with van der Waals surface area (Å²) in [5.74, 6) is -0.134. The van der Waals surface area contributed by atoms with Gasteiger partial charge in [0.05, 0.1) is 5.52 Å². The summed E-state index contributed by atoms with van der Waals surface area (Å²) in [6.45, 7) is 2.03. The fraction of sp³-hybridized carbons (Fsp3) is 0.278. The summed E-state index contributed by atoms with van der Waals surface area (Å²) in [4.78, 5) is 30.4. The van der Waals surface area contributed by atoms with E-state index in [1.165, 1.54) is 14.0 Å². The third-order valence-electron chi connectivity index (χ3n) is 4.12. The summed E-state index contributed by atoms with van der Waals surface area (Å²) >= 11 is 0. The lowest BCUT2D eigenvalue weighted by molar-refractivity contribution is -0.129. The van der Waals surface area contributed by atoms with Crippen molar-refractivity contribution in [3.8, 4) is 11.1 Å². The maximum absolute atomic E-state index is 12.5. The summed E-state index contributed by atoms with van der Waals surface area (Å²) in [6, 6.07) is 10.0. The second-order valence-electron chi connectivity index (χ2n) is 6.15. The summed E-state index contributed by atoms with van der Waals surface area (Å²) in [5, 5.41) is 0. The van der Waals surface area contributed by atoms with E-state index in [0.717, 1.165) is 16.7 Å². The van der Waals surface area contributed by atoms with E-state index < -0.39 is 0 Å². The zero-order chi connectivity index (χ0) is 17.4. The zero-order valence-electron chi connectivity index (χ0n) is 14.3. The Morgan fingerprint density at radius 1 is 1.21 bits per heavy atom. The number of likely N-dealkylation sites (N-methyl/N-ethyl adjacent to an activating group) is 1. The number of amides is 1. The highest BCUT2D eigenvalue weighted by Gasteiger charge is 2.16. The third-order valence-corrected chi connectivity index (χ3v) is 4.12. The molecule has 0 saturated carbocycles. The Bertz CT molecular complexity index is 982. The Morgan fingerprint density at radius 3 is 2.62 bits per heavy atom. The average molecular weight is 324 g/mol. The molecule has 0 aliphatic rings. The van der Waals surface area contributed by atoms with Crippen molar-refractivity contribution in [1.29, 1.82) is 0 Å². The number of carbonyl (C=O) groups excluding carboxylic acids is 1. The molecule has 0 atom stereocenters. The lowest BCUT2D eigenvalue weighted by Gasteiger charge is -2.10. The molecule has 0 N–H and O–H groups in total. The minimum atomic E-state index is -0.242. The van der Waals surface area contributed by atoms with Crippen molar-refractivity contribution in [2.45, 2.75) is 13.5 Å². The molecule has 3 aromatic rings. The molecule has 0 aliphatic carbocycles. The quantitative estimate of drug-likeness (QED) is 0.738. The second kappa shape index (κ2) is 5.96. The smallest absolute Gasteiger partial charge is 0.330 e. The molecule has 2 aromatic heterocycles. The van der Waals surface area contributed by atoms with Gasteiger partial charge in [-0.25, -0.2) is 9.78 Å². The highest BCUT2D eigenvalue weighted by molar-refractivity contribution is 5.82. The maximum atomic E-state index is 12.5. The molecule has 6 heteroatoms. The van der Waals surface area contributed by atoms with Gasteiger partial charge in [0.15, 0.2) is 5.65 Å². The number of fused-ring (bicyclic) bond motifs is 1. The van der Waals surface area contributed by atoms with Gasteiger partial charge in [0.25, 0.3) is 0 Å². The van der Waals surface area contributed by atoms with E-state index in [1.54, 1.807) is 27.3 Å². The minimum absolute atomic E-state index is 0.00211. The van der Waals surface area contributed by atoms with E-state index in [-0.39, 0.29) is 18.1 Å². The maximum Gasteiger partial charge on any atom is 0.330 e. The molecular formula is C18H20N4O2. The normalized spacial score (nSPS) is 11.0. The summed E-state index contributed by atoms with van der Waals surface area (Å²) in [6.07, 6.45) is 1.76. The van der Waals surface area contributed by atoms with Crippen LogP contribution in [0.4, 0.5) is 0 Å². The van der Waals surface area contributed by atoms with E-state index in [9.17, 15) is 9.59 Å². The van der Waals surface area contributed by atoms with E-state index in [0.29, 0.717) is 11.2 Å². The predicted molar refractivity (Wildman–Crippen MR) is 93.8 cm³/mol. The van der Waals surface area contributed by atoms with Gasteiger partial charge in [0.2, 0.25) is 5.91 Å². The highest BCUT2D eigenvalue weighted by atomic mass is 16.2. The van der Waals surface area contributed by atoms with Crippen molar-refractivity contribution in [2.75, 3.05) is 14.1 Å². The van der Waals surface area contributed by atoms with Crippen molar-refractivity contribution in [3.05, 3.63) is 52.6 Å².